The number of halogens is 1. The van der Waals surface area contributed by atoms with E-state index in [2.05, 4.69) is 6.07 Å². The number of aliphatic hydroxyl groups excluding tert-OH is 1. The maximum atomic E-state index is 9.56. The predicted molar refractivity (Wildman–Crippen MR) is 81.3 cm³/mol. The molecule has 0 aliphatic rings. The molecule has 20 heavy (non-hydrogen) atoms. The summed E-state index contributed by atoms with van der Waals surface area (Å²) in [5, 5.41) is 19.3. The fraction of sp³-hybridized carbons (Fsp3) is 0.188. The third-order valence-electron chi connectivity index (χ3n) is 3.20. The van der Waals surface area contributed by atoms with Gasteiger partial charge in [-0.05, 0) is 36.8 Å². The SMILES string of the molecule is C[C@@H](O)c1ccc(N(C)c2ccccc2C#N)c(Cl)c1. The number of nitriles is 1. The number of nitrogens with zero attached hydrogens (tertiary/aromatic N) is 2. The number of para-hydroxylation sites is 1. The fourth-order valence-electron chi connectivity index (χ4n) is 2.05. The molecule has 0 heterocycles. The Balaban J connectivity index is 2.44. The van der Waals surface area contributed by atoms with Crippen LogP contribution >= 0.6 is 11.6 Å². The van der Waals surface area contributed by atoms with Crippen molar-refractivity contribution in [3.05, 3.63) is 58.6 Å². The van der Waals surface area contributed by atoms with E-state index in [0.29, 0.717) is 10.6 Å². The third-order valence-corrected chi connectivity index (χ3v) is 3.50. The molecule has 2 aromatic carbocycles. The van der Waals surface area contributed by atoms with Crippen molar-refractivity contribution in [3.8, 4) is 6.07 Å². The van der Waals surface area contributed by atoms with E-state index in [9.17, 15) is 5.11 Å². The van der Waals surface area contributed by atoms with Crippen LogP contribution in [0.25, 0.3) is 0 Å². The van der Waals surface area contributed by atoms with Crippen LogP contribution in [0.2, 0.25) is 5.02 Å². The molecule has 2 rings (SSSR count). The van der Waals surface area contributed by atoms with Crippen molar-refractivity contribution in [2.75, 3.05) is 11.9 Å². The van der Waals surface area contributed by atoms with Gasteiger partial charge in [0, 0.05) is 7.05 Å². The molecule has 1 N–H and O–H groups in total. The van der Waals surface area contributed by atoms with Crippen molar-refractivity contribution in [2.24, 2.45) is 0 Å². The molecule has 3 nitrogen and oxygen atoms in total. The van der Waals surface area contributed by atoms with Gasteiger partial charge in [0.2, 0.25) is 0 Å². The number of anilines is 2. The standard InChI is InChI=1S/C16H15ClN2O/c1-11(20)12-7-8-16(14(17)9-12)19(2)15-6-4-3-5-13(15)10-18/h3-9,11,20H,1-2H3/t11-/m1/s1. The lowest BCUT2D eigenvalue weighted by Crippen LogP contribution is -2.11. The summed E-state index contributed by atoms with van der Waals surface area (Å²) in [4.78, 5) is 1.87. The van der Waals surface area contributed by atoms with Crippen LogP contribution in [-0.2, 0) is 0 Å². The van der Waals surface area contributed by atoms with Crippen LogP contribution in [0.5, 0.6) is 0 Å². The molecule has 0 amide bonds. The summed E-state index contributed by atoms with van der Waals surface area (Å²) in [7, 11) is 1.86. The van der Waals surface area contributed by atoms with Crippen LogP contribution in [-0.4, -0.2) is 12.2 Å². The van der Waals surface area contributed by atoms with Gasteiger partial charge in [-0.1, -0.05) is 29.8 Å². The number of hydrogen-bond acceptors (Lipinski definition) is 3. The minimum Gasteiger partial charge on any atom is -0.389 e. The quantitative estimate of drug-likeness (QED) is 0.926. The van der Waals surface area contributed by atoms with Crippen molar-refractivity contribution in [1.82, 2.24) is 0 Å². The van der Waals surface area contributed by atoms with Crippen LogP contribution in [0.1, 0.15) is 24.2 Å². The molecule has 0 bridgehead atoms. The highest BCUT2D eigenvalue weighted by Gasteiger charge is 2.13. The highest BCUT2D eigenvalue weighted by Crippen LogP contribution is 2.33. The normalized spacial score (nSPS) is 11.8. The minimum atomic E-state index is -0.557. The molecular formula is C16H15ClN2O. The van der Waals surface area contributed by atoms with Crippen LogP contribution in [0.3, 0.4) is 0 Å². The van der Waals surface area contributed by atoms with Gasteiger partial charge in [0.25, 0.3) is 0 Å². The fourth-order valence-corrected chi connectivity index (χ4v) is 2.36. The molecule has 0 fully saturated rings. The smallest absolute Gasteiger partial charge is 0.101 e. The van der Waals surface area contributed by atoms with E-state index in [1.807, 2.05) is 42.3 Å². The predicted octanol–water partition coefficient (Wildman–Crippen LogP) is 4.03. The van der Waals surface area contributed by atoms with Gasteiger partial charge in [0.15, 0.2) is 0 Å². The van der Waals surface area contributed by atoms with Gasteiger partial charge in [-0.2, -0.15) is 5.26 Å². The van der Waals surface area contributed by atoms with Gasteiger partial charge in [-0.25, -0.2) is 0 Å². The second kappa shape index (κ2) is 5.96. The lowest BCUT2D eigenvalue weighted by Gasteiger charge is -2.22. The van der Waals surface area contributed by atoms with Gasteiger partial charge >= 0.3 is 0 Å². The minimum absolute atomic E-state index is 0.540. The first-order chi connectivity index (χ1) is 9.54. The van der Waals surface area contributed by atoms with Crippen molar-refractivity contribution in [2.45, 2.75) is 13.0 Å². The van der Waals surface area contributed by atoms with E-state index in [1.165, 1.54) is 0 Å². The Bertz CT molecular complexity index is 662. The van der Waals surface area contributed by atoms with Crippen molar-refractivity contribution in [1.29, 1.82) is 5.26 Å². The molecule has 0 saturated carbocycles. The van der Waals surface area contributed by atoms with E-state index >= 15 is 0 Å². The van der Waals surface area contributed by atoms with Gasteiger partial charge in [0.05, 0.1) is 28.1 Å². The summed E-state index contributed by atoms with van der Waals surface area (Å²) in [6.07, 6.45) is -0.557. The molecule has 4 heteroatoms. The van der Waals surface area contributed by atoms with Crippen LogP contribution in [0.4, 0.5) is 11.4 Å². The Morgan fingerprint density at radius 3 is 2.50 bits per heavy atom. The van der Waals surface area contributed by atoms with Gasteiger partial charge in [0.1, 0.15) is 6.07 Å². The molecule has 0 spiro atoms. The largest absolute Gasteiger partial charge is 0.389 e. The van der Waals surface area contributed by atoms with Gasteiger partial charge < -0.3 is 10.0 Å². The molecule has 0 aromatic heterocycles. The number of aliphatic hydroxyl groups is 1. The first-order valence-corrected chi connectivity index (χ1v) is 6.62. The zero-order valence-electron chi connectivity index (χ0n) is 11.3. The Hall–Kier alpha value is -2.02. The van der Waals surface area contributed by atoms with E-state index < -0.39 is 6.10 Å². The summed E-state index contributed by atoms with van der Waals surface area (Å²) in [6, 6.07) is 14.9. The summed E-state index contributed by atoms with van der Waals surface area (Å²) < 4.78 is 0. The topological polar surface area (TPSA) is 47.3 Å². The monoisotopic (exact) mass is 286 g/mol. The first-order valence-electron chi connectivity index (χ1n) is 6.25. The number of benzene rings is 2. The van der Waals surface area contributed by atoms with E-state index in [-0.39, 0.29) is 0 Å². The van der Waals surface area contributed by atoms with Crippen LogP contribution in [0.15, 0.2) is 42.5 Å². The highest BCUT2D eigenvalue weighted by atomic mass is 35.5. The summed E-state index contributed by atoms with van der Waals surface area (Å²) in [6.45, 7) is 1.69. The summed E-state index contributed by atoms with van der Waals surface area (Å²) >= 11 is 6.28. The summed E-state index contributed by atoms with van der Waals surface area (Å²) in [5.74, 6) is 0. The van der Waals surface area contributed by atoms with E-state index in [4.69, 9.17) is 16.9 Å². The van der Waals surface area contributed by atoms with Gasteiger partial charge in [-0.3, -0.25) is 0 Å². The van der Waals surface area contributed by atoms with Crippen molar-refractivity contribution in [3.63, 3.8) is 0 Å². The van der Waals surface area contributed by atoms with Crippen LogP contribution in [0, 0.1) is 11.3 Å². The number of rotatable bonds is 3. The zero-order valence-corrected chi connectivity index (χ0v) is 12.1. The Labute approximate surface area is 123 Å². The molecule has 2 aromatic rings. The Morgan fingerprint density at radius 1 is 1.20 bits per heavy atom. The third kappa shape index (κ3) is 2.77. The maximum absolute atomic E-state index is 9.56. The average Bonchev–Trinajstić information content (AvgIpc) is 2.46. The van der Waals surface area contributed by atoms with Crippen LogP contribution < -0.4 is 4.90 Å². The van der Waals surface area contributed by atoms with Crippen molar-refractivity contribution < 1.29 is 5.11 Å². The number of hydrogen-bond donors (Lipinski definition) is 1. The first kappa shape index (κ1) is 14.4. The second-order valence-corrected chi connectivity index (χ2v) is 4.98. The second-order valence-electron chi connectivity index (χ2n) is 4.57. The molecule has 102 valence electrons. The molecule has 0 saturated heterocycles. The zero-order chi connectivity index (χ0) is 14.7. The van der Waals surface area contributed by atoms with Crippen molar-refractivity contribution >= 4 is 23.0 Å². The maximum Gasteiger partial charge on any atom is 0.101 e. The highest BCUT2D eigenvalue weighted by molar-refractivity contribution is 6.33. The molecular weight excluding hydrogens is 272 g/mol. The average molecular weight is 287 g/mol. The van der Waals surface area contributed by atoms with E-state index in [1.54, 1.807) is 19.1 Å². The van der Waals surface area contributed by atoms with E-state index in [0.717, 1.165) is 16.9 Å². The van der Waals surface area contributed by atoms with Gasteiger partial charge in [-0.15, -0.1) is 0 Å². The molecule has 0 unspecified atom stereocenters. The molecule has 0 aliphatic carbocycles. The Kier molecular flexibility index (Phi) is 4.29. The summed E-state index contributed by atoms with van der Waals surface area (Å²) in [5.41, 5.74) is 2.94. The molecule has 0 radical (unpaired) electrons. The molecule has 1 atom stereocenters. The lowest BCUT2D eigenvalue weighted by molar-refractivity contribution is 0.199. The molecule has 0 aliphatic heterocycles. The Morgan fingerprint density at radius 2 is 1.90 bits per heavy atom. The lowest BCUT2D eigenvalue weighted by atomic mass is 10.1.